The maximum absolute atomic E-state index is 13.3. The highest BCUT2D eigenvalue weighted by Gasteiger charge is 2.30. The van der Waals surface area contributed by atoms with E-state index in [2.05, 4.69) is 30.1 Å². The molecule has 1 amide bonds. The van der Waals surface area contributed by atoms with E-state index in [0.717, 1.165) is 82.2 Å². The molecule has 262 valence electrons. The quantitative estimate of drug-likeness (QED) is 0.257. The summed E-state index contributed by atoms with van der Waals surface area (Å²) in [5.74, 6) is 1.55. The molecule has 1 aromatic carbocycles. The van der Waals surface area contributed by atoms with E-state index in [1.165, 1.54) is 11.2 Å². The van der Waals surface area contributed by atoms with Crippen LogP contribution in [-0.2, 0) is 13.6 Å². The summed E-state index contributed by atoms with van der Waals surface area (Å²) in [6.07, 6.45) is 3.58. The first kappa shape index (κ1) is 35.7. The van der Waals surface area contributed by atoms with Gasteiger partial charge < -0.3 is 24.0 Å². The average molecular weight is 704 g/mol. The topological polar surface area (TPSA) is 155 Å². The number of nitrogens with zero attached hydrogens (tertiary/aromatic N) is 7. The minimum absolute atomic E-state index is 0.0859. The lowest BCUT2D eigenvalue weighted by Crippen LogP contribution is -2.49. The van der Waals surface area contributed by atoms with Crippen molar-refractivity contribution >= 4 is 37.3 Å². The van der Waals surface area contributed by atoms with Crippen LogP contribution in [-0.4, -0.2) is 128 Å². The molecule has 14 nitrogen and oxygen atoms in total. The third-order valence-corrected chi connectivity index (χ3v) is 11.8. The van der Waals surface area contributed by atoms with E-state index in [0.29, 0.717) is 41.2 Å². The van der Waals surface area contributed by atoms with Crippen LogP contribution in [0.1, 0.15) is 26.7 Å². The van der Waals surface area contributed by atoms with Crippen LogP contribution in [0.5, 0.6) is 11.6 Å². The second-order valence-corrected chi connectivity index (χ2v) is 17.1. The molecular weight excluding hydrogens is 659 g/mol. The molecule has 2 aliphatic rings. The molecule has 0 spiro atoms. The zero-order valence-corrected chi connectivity index (χ0v) is 29.5. The zero-order chi connectivity index (χ0) is 34.3. The van der Waals surface area contributed by atoms with Crippen molar-refractivity contribution in [1.29, 1.82) is 0 Å². The normalized spacial score (nSPS) is 18.0. The van der Waals surface area contributed by atoms with Gasteiger partial charge in [-0.25, -0.2) is 13.2 Å². The van der Waals surface area contributed by atoms with Gasteiger partial charge in [-0.2, -0.15) is 0 Å². The van der Waals surface area contributed by atoms with Gasteiger partial charge in [-0.05, 0) is 79.8 Å². The number of likely N-dealkylation sites (tertiary alicyclic amines) is 1. The predicted molar refractivity (Wildman–Crippen MR) is 185 cm³/mol. The Morgan fingerprint density at radius 1 is 1.08 bits per heavy atom. The van der Waals surface area contributed by atoms with Gasteiger partial charge in [-0.3, -0.25) is 14.7 Å². The molecule has 48 heavy (non-hydrogen) atoms. The third-order valence-electron chi connectivity index (χ3n) is 8.81. The molecule has 2 saturated heterocycles. The molecule has 2 aromatic heterocycles. The number of aromatic hydroxyl groups is 1. The minimum Gasteiger partial charge on any atom is -0.507 e. The maximum atomic E-state index is 13.3. The van der Waals surface area contributed by atoms with Crippen LogP contribution in [0.3, 0.4) is 0 Å². The lowest BCUT2D eigenvalue weighted by molar-refractivity contribution is 0.115. The first-order chi connectivity index (χ1) is 23.0. The number of carbonyl (C=O) groups excluding carboxylic acids is 1. The highest BCUT2D eigenvalue weighted by molar-refractivity contribution is 8.72. The largest absolute Gasteiger partial charge is 0.507 e. The summed E-state index contributed by atoms with van der Waals surface area (Å²) in [7, 11) is -0.988. The fourth-order valence-corrected chi connectivity index (χ4v) is 8.81. The molecule has 4 heterocycles. The van der Waals surface area contributed by atoms with Crippen molar-refractivity contribution in [2.24, 2.45) is 5.92 Å². The smallest absolute Gasteiger partial charge is 0.415 e. The number of piperidine rings is 1. The number of ether oxygens (including phenoxy) is 2. The number of benzene rings is 1. The van der Waals surface area contributed by atoms with Gasteiger partial charge in [0.05, 0.1) is 16.6 Å². The van der Waals surface area contributed by atoms with Gasteiger partial charge in [-0.1, -0.05) is 12.1 Å². The van der Waals surface area contributed by atoms with Crippen molar-refractivity contribution < 1.29 is 32.3 Å². The van der Waals surface area contributed by atoms with Gasteiger partial charge in [0.25, 0.3) is 5.88 Å². The second kappa shape index (κ2) is 16.2. The predicted octanol–water partition coefficient (Wildman–Crippen LogP) is 3.79. The van der Waals surface area contributed by atoms with Crippen molar-refractivity contribution in [2.45, 2.75) is 38.0 Å². The summed E-state index contributed by atoms with van der Waals surface area (Å²) in [6, 6.07) is 10.5. The molecule has 2 aliphatic heterocycles. The molecular formula is C32H45N7O7S2. The van der Waals surface area contributed by atoms with Crippen LogP contribution >= 0.6 is 10.8 Å². The Morgan fingerprint density at radius 3 is 2.48 bits per heavy atom. The fourth-order valence-electron chi connectivity index (χ4n) is 5.93. The summed E-state index contributed by atoms with van der Waals surface area (Å²) in [4.78, 5) is 21.7. The van der Waals surface area contributed by atoms with Gasteiger partial charge >= 0.3 is 6.09 Å². The Balaban J connectivity index is 1.20. The highest BCUT2D eigenvalue weighted by Crippen LogP contribution is 2.35. The molecule has 3 aromatic rings. The number of anilines is 2. The summed E-state index contributed by atoms with van der Waals surface area (Å²) in [5, 5.41) is 22.6. The first-order valence-corrected chi connectivity index (χ1v) is 19.5. The van der Waals surface area contributed by atoms with Crippen LogP contribution in [0.25, 0.3) is 11.3 Å². The summed E-state index contributed by atoms with van der Waals surface area (Å²) in [5.41, 5.74) is 1.73. The lowest BCUT2D eigenvalue weighted by atomic mass is 9.96. The van der Waals surface area contributed by atoms with Crippen LogP contribution in [0.4, 0.5) is 16.3 Å². The number of piperazine rings is 1. The van der Waals surface area contributed by atoms with Crippen molar-refractivity contribution in [1.82, 2.24) is 25.2 Å². The van der Waals surface area contributed by atoms with Crippen molar-refractivity contribution in [3.63, 3.8) is 0 Å². The Bertz CT molecular complexity index is 1600. The maximum Gasteiger partial charge on any atom is 0.415 e. The average Bonchev–Trinajstić information content (AvgIpc) is 3.58. The molecule has 5 rings (SSSR count). The van der Waals surface area contributed by atoms with Crippen molar-refractivity contribution in [3.05, 3.63) is 42.7 Å². The Hall–Kier alpha value is -3.60. The zero-order valence-electron chi connectivity index (χ0n) is 27.9. The molecule has 0 bridgehead atoms. The Kier molecular flexibility index (Phi) is 12.0. The van der Waals surface area contributed by atoms with E-state index in [1.807, 2.05) is 12.1 Å². The number of hydrogen-bond acceptors (Lipinski definition) is 14. The lowest BCUT2D eigenvalue weighted by Gasteiger charge is -2.40. The SMILES string of the molecule is CC(OC(=O)N(C)c1nnc(-c2ccccc2O)cc1N1CCN(CC2CCN(CCOc3ccon3)CC2)CC1)C(C)SS(C)(=O)=O. The number of phenolic OH excluding ortho intramolecular Hbond substituents is 1. The highest BCUT2D eigenvalue weighted by atomic mass is 33.1. The monoisotopic (exact) mass is 703 g/mol. The Morgan fingerprint density at radius 2 is 1.81 bits per heavy atom. The van der Waals surface area contributed by atoms with Crippen molar-refractivity contribution in [3.8, 4) is 22.9 Å². The standard InChI is InChI=1S/C32H45N7O7S2/c1-23(24(2)47-48(4,42)43)46-32(41)36(3)31-28(21-27(33-34-31)26-7-5-6-8-29(26)40)39-16-14-38(15-17-39)22-25-9-12-37(13-10-25)18-20-44-30-11-19-45-35-30/h5-8,11,19,21,23-25,40H,9-10,12-18,20,22H2,1-4H3. The molecule has 1 N–H and O–H groups in total. The van der Waals surface area contributed by atoms with E-state index in [-0.39, 0.29) is 5.75 Å². The van der Waals surface area contributed by atoms with Crippen LogP contribution in [0, 0.1) is 5.92 Å². The van der Waals surface area contributed by atoms with Gasteiger partial charge in [0, 0.05) is 64.2 Å². The number of phenols is 1. The van der Waals surface area contributed by atoms with E-state index >= 15 is 0 Å². The molecule has 16 heteroatoms. The van der Waals surface area contributed by atoms with Crippen LogP contribution in [0.2, 0.25) is 0 Å². The summed E-state index contributed by atoms with van der Waals surface area (Å²) >= 11 is 0. The van der Waals surface area contributed by atoms with E-state index in [1.54, 1.807) is 45.2 Å². The Labute approximate surface area is 285 Å². The summed E-state index contributed by atoms with van der Waals surface area (Å²) in [6.45, 7) is 11.1. The number of rotatable bonds is 13. The van der Waals surface area contributed by atoms with E-state index < -0.39 is 26.3 Å². The summed E-state index contributed by atoms with van der Waals surface area (Å²) < 4.78 is 39.6. The minimum atomic E-state index is -3.31. The second-order valence-electron chi connectivity index (χ2n) is 12.4. The van der Waals surface area contributed by atoms with Crippen LogP contribution in [0.15, 0.2) is 47.2 Å². The van der Waals surface area contributed by atoms with Crippen LogP contribution < -0.4 is 14.5 Å². The molecule has 0 aliphatic carbocycles. The third kappa shape index (κ3) is 9.74. The van der Waals surface area contributed by atoms with E-state index in [4.69, 9.17) is 14.0 Å². The first-order valence-electron chi connectivity index (χ1n) is 16.2. The molecule has 0 radical (unpaired) electrons. The molecule has 0 saturated carbocycles. The number of amides is 1. The van der Waals surface area contributed by atoms with Crippen molar-refractivity contribution in [2.75, 3.05) is 82.1 Å². The number of para-hydroxylation sites is 1. The fraction of sp³-hybridized carbons (Fsp3) is 0.562. The molecule has 2 unspecified atom stereocenters. The van der Waals surface area contributed by atoms with Gasteiger partial charge in [-0.15, -0.1) is 10.2 Å². The number of aromatic nitrogens is 3. The molecule has 2 atom stereocenters. The van der Waals surface area contributed by atoms with Gasteiger partial charge in [0.2, 0.25) is 0 Å². The van der Waals surface area contributed by atoms with E-state index in [9.17, 15) is 18.3 Å². The van der Waals surface area contributed by atoms with Gasteiger partial charge in [0.1, 0.15) is 24.7 Å². The van der Waals surface area contributed by atoms with Gasteiger partial charge in [0.15, 0.2) is 14.7 Å². The number of carbonyl (C=O) groups is 1. The molecule has 2 fully saturated rings. The number of hydrogen-bond donors (Lipinski definition) is 1.